The average Bonchev–Trinajstić information content (AvgIpc) is 2.71. The van der Waals surface area contributed by atoms with Crippen LogP contribution in [-0.4, -0.2) is 35.0 Å². The third-order valence-electron chi connectivity index (χ3n) is 4.53. The van der Waals surface area contributed by atoms with Gasteiger partial charge in [0.25, 0.3) is 0 Å². The Hall–Kier alpha value is -1.06. The Bertz CT molecular complexity index is 334. The van der Waals surface area contributed by atoms with E-state index in [1.807, 2.05) is 11.8 Å². The number of hydrogen-bond donors (Lipinski definition) is 1. The van der Waals surface area contributed by atoms with Gasteiger partial charge in [0.05, 0.1) is 11.8 Å². The van der Waals surface area contributed by atoms with Gasteiger partial charge in [0, 0.05) is 13.1 Å². The molecule has 1 saturated heterocycles. The zero-order valence-corrected chi connectivity index (χ0v) is 11.3. The SMILES string of the molecule is CC1CCN(C(=O)C2CC(C)CC2C(=O)O)CC1. The highest BCUT2D eigenvalue weighted by atomic mass is 16.4. The van der Waals surface area contributed by atoms with Crippen molar-refractivity contribution in [2.45, 2.75) is 39.5 Å². The molecule has 1 aliphatic heterocycles. The molecule has 1 N–H and O–H groups in total. The fourth-order valence-electron chi connectivity index (χ4n) is 3.30. The zero-order valence-electron chi connectivity index (χ0n) is 11.3. The average molecular weight is 253 g/mol. The first-order valence-electron chi connectivity index (χ1n) is 7.00. The van der Waals surface area contributed by atoms with Crippen molar-refractivity contribution in [3.63, 3.8) is 0 Å². The molecule has 2 rings (SSSR count). The number of carboxylic acid groups (broad SMARTS) is 1. The minimum Gasteiger partial charge on any atom is -0.481 e. The zero-order chi connectivity index (χ0) is 13.3. The summed E-state index contributed by atoms with van der Waals surface area (Å²) in [5, 5.41) is 9.22. The molecular weight excluding hydrogens is 230 g/mol. The van der Waals surface area contributed by atoms with Crippen LogP contribution in [0.4, 0.5) is 0 Å². The van der Waals surface area contributed by atoms with E-state index in [2.05, 4.69) is 6.92 Å². The number of carbonyl (C=O) groups excluding carboxylic acids is 1. The van der Waals surface area contributed by atoms with E-state index in [-0.39, 0.29) is 11.8 Å². The van der Waals surface area contributed by atoms with E-state index in [0.717, 1.165) is 32.4 Å². The van der Waals surface area contributed by atoms with E-state index in [4.69, 9.17) is 0 Å². The van der Waals surface area contributed by atoms with Crippen LogP contribution in [0.1, 0.15) is 39.5 Å². The van der Waals surface area contributed by atoms with Crippen LogP contribution in [0.15, 0.2) is 0 Å². The molecule has 1 saturated carbocycles. The molecule has 102 valence electrons. The molecule has 0 radical (unpaired) electrons. The van der Waals surface area contributed by atoms with Crippen LogP contribution < -0.4 is 0 Å². The monoisotopic (exact) mass is 253 g/mol. The van der Waals surface area contributed by atoms with Crippen molar-refractivity contribution in [1.29, 1.82) is 0 Å². The lowest BCUT2D eigenvalue weighted by Crippen LogP contribution is -2.43. The molecule has 1 heterocycles. The first kappa shape index (κ1) is 13.4. The molecule has 2 aliphatic rings. The lowest BCUT2D eigenvalue weighted by atomic mass is 9.92. The van der Waals surface area contributed by atoms with E-state index >= 15 is 0 Å². The number of rotatable bonds is 2. The standard InChI is InChI=1S/C14H23NO3/c1-9-3-5-15(6-4-9)13(16)11-7-10(2)8-12(11)14(17)18/h9-12H,3-8H2,1-2H3,(H,17,18). The summed E-state index contributed by atoms with van der Waals surface area (Å²) in [6, 6.07) is 0. The van der Waals surface area contributed by atoms with Crippen LogP contribution >= 0.6 is 0 Å². The van der Waals surface area contributed by atoms with Crippen molar-refractivity contribution >= 4 is 11.9 Å². The Kier molecular flexibility index (Phi) is 3.93. The van der Waals surface area contributed by atoms with Crippen LogP contribution in [0.5, 0.6) is 0 Å². The Labute approximate surface area is 108 Å². The summed E-state index contributed by atoms with van der Waals surface area (Å²) in [5.74, 6) is -0.435. The second kappa shape index (κ2) is 5.29. The Morgan fingerprint density at radius 3 is 2.11 bits per heavy atom. The Morgan fingerprint density at radius 1 is 1.00 bits per heavy atom. The molecule has 3 atom stereocenters. The third-order valence-corrected chi connectivity index (χ3v) is 4.53. The second-order valence-corrected chi connectivity index (χ2v) is 6.14. The topological polar surface area (TPSA) is 57.6 Å². The van der Waals surface area contributed by atoms with Gasteiger partial charge in [0.15, 0.2) is 0 Å². The molecule has 0 bridgehead atoms. The summed E-state index contributed by atoms with van der Waals surface area (Å²) in [4.78, 5) is 25.5. The van der Waals surface area contributed by atoms with Crippen LogP contribution in [0.3, 0.4) is 0 Å². The summed E-state index contributed by atoms with van der Waals surface area (Å²) < 4.78 is 0. The lowest BCUT2D eigenvalue weighted by molar-refractivity contribution is -0.149. The molecule has 4 heteroatoms. The molecule has 0 aromatic rings. The normalized spacial score (nSPS) is 33.7. The van der Waals surface area contributed by atoms with Crippen molar-refractivity contribution in [2.75, 3.05) is 13.1 Å². The third kappa shape index (κ3) is 2.68. The molecular formula is C14H23NO3. The van der Waals surface area contributed by atoms with Crippen molar-refractivity contribution in [2.24, 2.45) is 23.7 Å². The van der Waals surface area contributed by atoms with Gasteiger partial charge in [0.1, 0.15) is 0 Å². The maximum atomic E-state index is 12.4. The van der Waals surface area contributed by atoms with E-state index in [1.54, 1.807) is 0 Å². The Balaban J connectivity index is 2.01. The van der Waals surface area contributed by atoms with Gasteiger partial charge in [-0.25, -0.2) is 0 Å². The molecule has 1 aliphatic carbocycles. The quantitative estimate of drug-likeness (QED) is 0.818. The molecule has 0 spiro atoms. The van der Waals surface area contributed by atoms with Gasteiger partial charge >= 0.3 is 5.97 Å². The maximum absolute atomic E-state index is 12.4. The van der Waals surface area contributed by atoms with Crippen LogP contribution in [0, 0.1) is 23.7 Å². The first-order chi connectivity index (χ1) is 8.49. The Morgan fingerprint density at radius 2 is 1.56 bits per heavy atom. The molecule has 0 aromatic carbocycles. The summed E-state index contributed by atoms with van der Waals surface area (Å²) >= 11 is 0. The van der Waals surface area contributed by atoms with Crippen LogP contribution in [0.25, 0.3) is 0 Å². The van der Waals surface area contributed by atoms with Crippen molar-refractivity contribution in [1.82, 2.24) is 4.90 Å². The van der Waals surface area contributed by atoms with Gasteiger partial charge in [-0.3, -0.25) is 9.59 Å². The fraction of sp³-hybridized carbons (Fsp3) is 0.857. The highest BCUT2D eigenvalue weighted by Crippen LogP contribution is 2.38. The van der Waals surface area contributed by atoms with E-state index in [0.29, 0.717) is 18.3 Å². The van der Waals surface area contributed by atoms with Crippen molar-refractivity contribution in [3.8, 4) is 0 Å². The first-order valence-corrected chi connectivity index (χ1v) is 7.00. The van der Waals surface area contributed by atoms with Gasteiger partial charge in [0.2, 0.25) is 5.91 Å². The predicted molar refractivity (Wildman–Crippen MR) is 68.0 cm³/mol. The van der Waals surface area contributed by atoms with Crippen molar-refractivity contribution < 1.29 is 14.7 Å². The predicted octanol–water partition coefficient (Wildman–Crippen LogP) is 1.99. The number of carbonyl (C=O) groups is 2. The number of hydrogen-bond acceptors (Lipinski definition) is 2. The fourth-order valence-corrected chi connectivity index (χ4v) is 3.30. The minimum absolute atomic E-state index is 0.0821. The van der Waals surface area contributed by atoms with Crippen LogP contribution in [-0.2, 0) is 9.59 Å². The van der Waals surface area contributed by atoms with E-state index < -0.39 is 11.9 Å². The van der Waals surface area contributed by atoms with Gasteiger partial charge < -0.3 is 10.0 Å². The van der Waals surface area contributed by atoms with Crippen molar-refractivity contribution in [3.05, 3.63) is 0 Å². The summed E-state index contributed by atoms with van der Waals surface area (Å²) in [7, 11) is 0. The van der Waals surface area contributed by atoms with Crippen LogP contribution in [0.2, 0.25) is 0 Å². The van der Waals surface area contributed by atoms with E-state index in [1.165, 1.54) is 0 Å². The smallest absolute Gasteiger partial charge is 0.307 e. The van der Waals surface area contributed by atoms with Gasteiger partial charge in [-0.2, -0.15) is 0 Å². The number of likely N-dealkylation sites (tertiary alicyclic amines) is 1. The van der Waals surface area contributed by atoms with E-state index in [9.17, 15) is 14.7 Å². The summed E-state index contributed by atoms with van der Waals surface area (Å²) in [6.45, 7) is 5.86. The largest absolute Gasteiger partial charge is 0.481 e. The molecule has 3 unspecified atom stereocenters. The molecule has 4 nitrogen and oxygen atoms in total. The molecule has 18 heavy (non-hydrogen) atoms. The molecule has 2 fully saturated rings. The number of carboxylic acids is 1. The minimum atomic E-state index is -0.803. The number of piperidine rings is 1. The number of nitrogens with zero attached hydrogens (tertiary/aromatic N) is 1. The molecule has 0 aromatic heterocycles. The van der Waals surface area contributed by atoms with Gasteiger partial charge in [-0.05, 0) is 37.5 Å². The number of aliphatic carboxylic acids is 1. The molecule has 1 amide bonds. The summed E-state index contributed by atoms with van der Waals surface area (Å²) in [6.07, 6.45) is 3.48. The highest BCUT2D eigenvalue weighted by molar-refractivity contribution is 5.85. The second-order valence-electron chi connectivity index (χ2n) is 6.14. The summed E-state index contributed by atoms with van der Waals surface area (Å²) in [5.41, 5.74) is 0. The highest BCUT2D eigenvalue weighted by Gasteiger charge is 2.43. The van der Waals surface area contributed by atoms with Gasteiger partial charge in [-0.1, -0.05) is 13.8 Å². The lowest BCUT2D eigenvalue weighted by Gasteiger charge is -2.33. The van der Waals surface area contributed by atoms with Gasteiger partial charge in [-0.15, -0.1) is 0 Å². The number of amides is 1. The maximum Gasteiger partial charge on any atom is 0.307 e.